The van der Waals surface area contributed by atoms with E-state index < -0.39 is 0 Å². The van der Waals surface area contributed by atoms with Gasteiger partial charge in [0.15, 0.2) is 0 Å². The van der Waals surface area contributed by atoms with Crippen LogP contribution >= 0.6 is 24.8 Å². The van der Waals surface area contributed by atoms with Crippen molar-refractivity contribution in [3.05, 3.63) is 154 Å². The van der Waals surface area contributed by atoms with Gasteiger partial charge in [-0.3, -0.25) is 6.08 Å². The summed E-state index contributed by atoms with van der Waals surface area (Å²) in [6.07, 6.45) is 8.68. The van der Waals surface area contributed by atoms with Gasteiger partial charge in [0, 0.05) is 0 Å². The molecule has 2 aliphatic carbocycles. The van der Waals surface area contributed by atoms with E-state index in [1.807, 2.05) is 48.5 Å². The number of hydrogen-bond acceptors (Lipinski definition) is 0. The molecule has 0 bridgehead atoms. The molecule has 0 nitrogen and oxygen atoms in total. The fraction of sp³-hybridized carbons (Fsp3) is 0.370. The molecule has 0 amide bonds. The monoisotopic (exact) mass is 770 g/mol. The van der Waals surface area contributed by atoms with Crippen LogP contribution in [0.2, 0.25) is 0 Å². The van der Waals surface area contributed by atoms with Gasteiger partial charge < -0.3 is 0 Å². The molecule has 0 aromatic heterocycles. The normalized spacial score (nSPS) is 13.7. The van der Waals surface area contributed by atoms with Gasteiger partial charge in [0.25, 0.3) is 0 Å². The minimum atomic E-state index is 0. The summed E-state index contributed by atoms with van der Waals surface area (Å²) in [4.78, 5) is 0. The van der Waals surface area contributed by atoms with Gasteiger partial charge in [-0.05, 0) is 28.4 Å². The van der Waals surface area contributed by atoms with E-state index in [0.29, 0.717) is 11.3 Å². The van der Waals surface area contributed by atoms with E-state index in [9.17, 15) is 0 Å². The van der Waals surface area contributed by atoms with Gasteiger partial charge in [0.2, 0.25) is 0 Å². The average Bonchev–Trinajstić information content (AvgIpc) is 3.62. The summed E-state index contributed by atoms with van der Waals surface area (Å²) in [6, 6.07) is 36.8. The Labute approximate surface area is 328 Å². The van der Waals surface area contributed by atoms with Crippen LogP contribution in [0.5, 0.6) is 0 Å². The second-order valence-corrected chi connectivity index (χ2v) is 15.4. The van der Waals surface area contributed by atoms with Crippen molar-refractivity contribution in [1.29, 1.82) is 0 Å². The fourth-order valence-electron chi connectivity index (χ4n) is 5.02. The Kier molecular flexibility index (Phi) is 20.2. The molecule has 0 saturated carbocycles. The molecule has 0 saturated heterocycles. The van der Waals surface area contributed by atoms with E-state index in [4.69, 9.17) is 0 Å². The first-order valence-electron chi connectivity index (χ1n) is 16.7. The zero-order valence-electron chi connectivity index (χ0n) is 32.0. The summed E-state index contributed by atoms with van der Waals surface area (Å²) in [5.74, 6) is 0.522. The fourth-order valence-corrected chi connectivity index (χ4v) is 5.02. The van der Waals surface area contributed by atoms with Crippen molar-refractivity contribution in [3.8, 4) is 11.1 Å². The number of benzene rings is 4. The number of hydrogen-bond donors (Lipinski definition) is 0. The van der Waals surface area contributed by atoms with Gasteiger partial charge in [-0.2, -0.15) is 107 Å². The number of rotatable bonds is 0. The molecular weight excluding hydrogens is 715 g/mol. The molecule has 4 aromatic rings. The van der Waals surface area contributed by atoms with Crippen molar-refractivity contribution in [2.24, 2.45) is 11.3 Å². The SMILES string of the molecule is CC(C)(C)c1[c-]c2c(cc1)-c1ccc(C(C)(C)C)cc1C2.CC1[C-]=CC(C(C)(C)C)=C1.Cc1cc[c-]cc1.Cc1cc[c-]cc1.Cl.Cl.[CH2]=[Zr]. The van der Waals surface area contributed by atoms with Crippen LogP contribution in [0.15, 0.2) is 96.6 Å². The summed E-state index contributed by atoms with van der Waals surface area (Å²) in [5, 5.41) is 0. The van der Waals surface area contributed by atoms with Crippen LogP contribution in [0.1, 0.15) is 103 Å². The topological polar surface area (TPSA) is 0 Å². The maximum atomic E-state index is 3.67. The molecule has 264 valence electrons. The Bertz CT molecular complexity index is 1500. The van der Waals surface area contributed by atoms with Gasteiger partial charge in [0.1, 0.15) is 0 Å². The first-order valence-corrected chi connectivity index (χ1v) is 18.4. The van der Waals surface area contributed by atoms with E-state index in [0.717, 1.165) is 6.42 Å². The first kappa shape index (κ1) is 46.7. The third-order valence-electron chi connectivity index (χ3n) is 8.03. The molecule has 1 atom stereocenters. The van der Waals surface area contributed by atoms with Crippen molar-refractivity contribution in [2.45, 2.75) is 100 Å². The molecule has 2 aliphatic rings. The first-order chi connectivity index (χ1) is 21.9. The zero-order chi connectivity index (χ0) is 35.4. The molecule has 0 spiro atoms. The molecule has 49 heavy (non-hydrogen) atoms. The van der Waals surface area contributed by atoms with Crippen molar-refractivity contribution in [3.63, 3.8) is 0 Å². The summed E-state index contributed by atoms with van der Waals surface area (Å²) < 4.78 is 3.34. The molecule has 0 aliphatic heterocycles. The Hall–Kier alpha value is -2.31. The second kappa shape index (κ2) is 21.1. The van der Waals surface area contributed by atoms with Crippen LogP contribution in [0, 0.1) is 49.5 Å². The number of aryl methyl sites for hydroxylation is 2. The maximum absolute atomic E-state index is 3.67. The second-order valence-electron chi connectivity index (χ2n) is 15.4. The molecule has 3 heteroatoms. The molecular formula is C46H58Cl2Zr-4. The Morgan fingerprint density at radius 1 is 0.653 bits per heavy atom. The molecule has 0 N–H and O–H groups in total. The van der Waals surface area contributed by atoms with Gasteiger partial charge >= 0.3 is 28.4 Å². The van der Waals surface area contributed by atoms with E-state index in [2.05, 4.69) is 154 Å². The van der Waals surface area contributed by atoms with Crippen molar-refractivity contribution < 1.29 is 24.2 Å². The van der Waals surface area contributed by atoms with Gasteiger partial charge in [0.05, 0.1) is 0 Å². The molecule has 4 aromatic carbocycles. The van der Waals surface area contributed by atoms with E-state index >= 15 is 0 Å². The van der Waals surface area contributed by atoms with Crippen molar-refractivity contribution >= 4 is 29.0 Å². The summed E-state index contributed by atoms with van der Waals surface area (Å²) in [7, 11) is 0. The predicted octanol–water partition coefficient (Wildman–Crippen LogP) is 13.0. The van der Waals surface area contributed by atoms with Crippen LogP contribution in [0.25, 0.3) is 11.1 Å². The minimum absolute atomic E-state index is 0. The molecule has 0 radical (unpaired) electrons. The van der Waals surface area contributed by atoms with E-state index in [-0.39, 0.29) is 35.6 Å². The van der Waals surface area contributed by atoms with E-state index in [1.54, 1.807) is 0 Å². The van der Waals surface area contributed by atoms with Crippen LogP contribution in [-0.4, -0.2) is 4.21 Å². The Balaban J connectivity index is 0.000000688. The average molecular weight is 773 g/mol. The van der Waals surface area contributed by atoms with Crippen LogP contribution in [-0.2, 0) is 41.5 Å². The number of halogens is 2. The van der Waals surface area contributed by atoms with Gasteiger partial charge in [-0.25, -0.2) is 6.08 Å². The summed E-state index contributed by atoms with van der Waals surface area (Å²) in [5.41, 5.74) is 13.0. The van der Waals surface area contributed by atoms with Gasteiger partial charge in [-0.15, -0.1) is 35.9 Å². The molecule has 6 rings (SSSR count). The van der Waals surface area contributed by atoms with Crippen molar-refractivity contribution in [2.75, 3.05) is 0 Å². The zero-order valence-corrected chi connectivity index (χ0v) is 36.1. The van der Waals surface area contributed by atoms with E-state index in [1.165, 1.54) is 74.3 Å². The third-order valence-corrected chi connectivity index (χ3v) is 8.03. The Morgan fingerprint density at radius 3 is 1.49 bits per heavy atom. The number of fused-ring (bicyclic) bond motifs is 3. The Morgan fingerprint density at radius 2 is 1.14 bits per heavy atom. The predicted molar refractivity (Wildman–Crippen MR) is 217 cm³/mol. The van der Waals surface area contributed by atoms with Gasteiger partial charge in [-0.1, -0.05) is 118 Å². The quantitative estimate of drug-likeness (QED) is 0.138. The van der Waals surface area contributed by atoms with Crippen LogP contribution in [0.3, 0.4) is 0 Å². The molecule has 0 heterocycles. The van der Waals surface area contributed by atoms with Crippen LogP contribution < -0.4 is 0 Å². The van der Waals surface area contributed by atoms with Crippen molar-refractivity contribution in [1.82, 2.24) is 0 Å². The van der Waals surface area contributed by atoms with Crippen LogP contribution in [0.4, 0.5) is 0 Å². The number of allylic oxidation sites excluding steroid dienone is 4. The third kappa shape index (κ3) is 15.6. The summed E-state index contributed by atoms with van der Waals surface area (Å²) in [6.45, 7) is 26.6. The standard InChI is InChI=1S/C21H25.C10H15.2C7H7.CH2.2ClH.Zr/c1-20(2,3)16-7-9-18-14(12-16)11-15-13-17(21(4,5)6)8-10-19(15)18;1-8-5-6-9(7-8)10(2,3)4;2*1-7-5-3-2-4-6-7;;;;/h7-10,12H,11H2,1-6H3;6-8H,1-4H3;2*3-6H,1H3;1H2;2*1H;/q4*-1;;;;. The molecule has 0 fully saturated rings. The summed E-state index contributed by atoms with van der Waals surface area (Å²) >= 11 is 1.30. The molecule has 1 unspecified atom stereocenters.